The summed E-state index contributed by atoms with van der Waals surface area (Å²) >= 11 is 1.61. The molecule has 0 spiro atoms. The van der Waals surface area contributed by atoms with Crippen LogP contribution >= 0.6 is 11.8 Å². The van der Waals surface area contributed by atoms with Gasteiger partial charge in [0.2, 0.25) is 0 Å². The molecule has 2 aromatic rings. The molecular weight excluding hydrogens is 259 g/mol. The van der Waals surface area contributed by atoms with E-state index in [9.17, 15) is 9.18 Å². The van der Waals surface area contributed by atoms with Crippen molar-refractivity contribution in [3.63, 3.8) is 0 Å². The second kappa shape index (κ2) is 5.17. The molecule has 0 radical (unpaired) electrons. The lowest BCUT2D eigenvalue weighted by atomic mass is 9.79. The van der Waals surface area contributed by atoms with Crippen molar-refractivity contribution in [2.45, 2.75) is 28.6 Å². The first-order valence-corrected chi connectivity index (χ1v) is 7.07. The Morgan fingerprint density at radius 3 is 2.42 bits per heavy atom. The van der Waals surface area contributed by atoms with Crippen LogP contribution in [-0.2, 0) is 4.79 Å². The van der Waals surface area contributed by atoms with Crippen molar-refractivity contribution in [2.75, 3.05) is 0 Å². The normalized spacial score (nSPS) is 15.3. The summed E-state index contributed by atoms with van der Waals surface area (Å²) in [7, 11) is 0. The van der Waals surface area contributed by atoms with Crippen molar-refractivity contribution >= 4 is 17.5 Å². The van der Waals surface area contributed by atoms with Gasteiger partial charge in [-0.05, 0) is 47.9 Å². The average Bonchev–Trinajstić information content (AvgIpc) is 2.38. The molecule has 0 saturated heterocycles. The number of carbonyl (C=O) groups excluding carboxylic acids is 1. The summed E-state index contributed by atoms with van der Waals surface area (Å²) in [5, 5.41) is 0. The van der Waals surface area contributed by atoms with Crippen LogP contribution < -0.4 is 0 Å². The largest absolute Gasteiger partial charge is 0.300 e. The van der Waals surface area contributed by atoms with Crippen LogP contribution in [-0.4, -0.2) is 5.78 Å². The Morgan fingerprint density at radius 1 is 1.00 bits per heavy atom. The maximum absolute atomic E-state index is 12.8. The molecule has 0 atom stereocenters. The number of hydrogen-bond acceptors (Lipinski definition) is 2. The molecule has 1 saturated carbocycles. The van der Waals surface area contributed by atoms with Gasteiger partial charge in [0.05, 0.1) is 0 Å². The highest BCUT2D eigenvalue weighted by atomic mass is 32.2. The summed E-state index contributed by atoms with van der Waals surface area (Å²) in [5.41, 5.74) is 1.23. The van der Waals surface area contributed by atoms with E-state index in [1.807, 2.05) is 12.1 Å². The zero-order chi connectivity index (χ0) is 13.2. The van der Waals surface area contributed by atoms with Crippen molar-refractivity contribution in [3.8, 4) is 0 Å². The summed E-state index contributed by atoms with van der Waals surface area (Å²) in [5.74, 6) is 0.522. The molecule has 2 aromatic carbocycles. The number of ketones is 1. The molecule has 0 amide bonds. The van der Waals surface area contributed by atoms with Crippen molar-refractivity contribution in [2.24, 2.45) is 0 Å². The lowest BCUT2D eigenvalue weighted by Crippen LogP contribution is -2.20. The minimum Gasteiger partial charge on any atom is -0.300 e. The van der Waals surface area contributed by atoms with E-state index >= 15 is 0 Å². The van der Waals surface area contributed by atoms with Crippen LogP contribution in [0, 0.1) is 5.82 Å². The summed E-state index contributed by atoms with van der Waals surface area (Å²) in [6, 6.07) is 14.8. The van der Waals surface area contributed by atoms with Gasteiger partial charge in [0.1, 0.15) is 11.6 Å². The van der Waals surface area contributed by atoms with Gasteiger partial charge in [-0.3, -0.25) is 4.79 Å². The third-order valence-electron chi connectivity index (χ3n) is 3.33. The van der Waals surface area contributed by atoms with Crippen molar-refractivity contribution in [1.29, 1.82) is 0 Å². The maximum atomic E-state index is 12.8. The van der Waals surface area contributed by atoms with Gasteiger partial charge in [0, 0.05) is 22.6 Å². The molecule has 1 nitrogen and oxygen atoms in total. The van der Waals surface area contributed by atoms with Crippen LogP contribution in [0.5, 0.6) is 0 Å². The van der Waals surface area contributed by atoms with E-state index in [4.69, 9.17) is 0 Å². The molecule has 0 bridgehead atoms. The number of halogens is 1. The monoisotopic (exact) mass is 272 g/mol. The Kier molecular flexibility index (Phi) is 3.38. The molecule has 3 heteroatoms. The standard InChI is InChI=1S/C16H13FOS/c17-13-4-6-15(7-5-13)19-16-3-1-2-11(10-16)12-8-14(18)9-12/h1-7,10,12H,8-9H2. The second-order valence-electron chi connectivity index (χ2n) is 4.77. The molecule has 0 N–H and O–H groups in total. The van der Waals surface area contributed by atoms with Gasteiger partial charge in [-0.1, -0.05) is 23.9 Å². The molecule has 0 unspecified atom stereocenters. The predicted molar refractivity (Wildman–Crippen MR) is 73.9 cm³/mol. The van der Waals surface area contributed by atoms with Crippen molar-refractivity contribution < 1.29 is 9.18 Å². The third kappa shape index (κ3) is 2.87. The van der Waals surface area contributed by atoms with Gasteiger partial charge >= 0.3 is 0 Å². The zero-order valence-corrected chi connectivity index (χ0v) is 11.1. The number of carbonyl (C=O) groups is 1. The minimum atomic E-state index is -0.217. The van der Waals surface area contributed by atoms with Gasteiger partial charge in [0.15, 0.2) is 0 Å². The molecule has 0 aromatic heterocycles. The van der Waals surface area contributed by atoms with Gasteiger partial charge in [-0.15, -0.1) is 0 Å². The first kappa shape index (κ1) is 12.4. The quantitative estimate of drug-likeness (QED) is 0.822. The molecule has 1 aliphatic rings. The van der Waals surface area contributed by atoms with Gasteiger partial charge < -0.3 is 0 Å². The van der Waals surface area contributed by atoms with Gasteiger partial charge in [-0.25, -0.2) is 4.39 Å². The van der Waals surface area contributed by atoms with E-state index in [0.717, 1.165) is 9.79 Å². The Labute approximate surface area is 115 Å². The SMILES string of the molecule is O=C1CC(c2cccc(Sc3ccc(F)cc3)c2)C1. The van der Waals surface area contributed by atoms with Crippen LogP contribution in [0.2, 0.25) is 0 Å². The lowest BCUT2D eigenvalue weighted by Gasteiger charge is -2.24. The summed E-state index contributed by atoms with van der Waals surface area (Å²) in [4.78, 5) is 13.2. The van der Waals surface area contributed by atoms with E-state index in [1.54, 1.807) is 23.9 Å². The maximum Gasteiger partial charge on any atom is 0.134 e. The van der Waals surface area contributed by atoms with Crippen molar-refractivity contribution in [1.82, 2.24) is 0 Å². The number of Topliss-reactive ketones (excluding diaryl/α,β-unsaturated/α-hetero) is 1. The Morgan fingerprint density at radius 2 is 1.74 bits per heavy atom. The number of hydrogen-bond donors (Lipinski definition) is 0. The molecule has 0 aliphatic heterocycles. The molecule has 1 fully saturated rings. The highest BCUT2D eigenvalue weighted by Crippen LogP contribution is 2.36. The highest BCUT2D eigenvalue weighted by molar-refractivity contribution is 7.99. The fourth-order valence-electron chi connectivity index (χ4n) is 2.20. The third-order valence-corrected chi connectivity index (χ3v) is 4.32. The van der Waals surface area contributed by atoms with Gasteiger partial charge in [-0.2, -0.15) is 0 Å². The Bertz CT molecular complexity index is 598. The van der Waals surface area contributed by atoms with E-state index in [-0.39, 0.29) is 5.82 Å². The molecule has 19 heavy (non-hydrogen) atoms. The molecular formula is C16H13FOS. The van der Waals surface area contributed by atoms with Crippen molar-refractivity contribution in [3.05, 3.63) is 59.9 Å². The first-order valence-electron chi connectivity index (χ1n) is 6.26. The zero-order valence-electron chi connectivity index (χ0n) is 10.3. The highest BCUT2D eigenvalue weighted by Gasteiger charge is 2.27. The Hall–Kier alpha value is -1.61. The molecule has 96 valence electrons. The Balaban J connectivity index is 1.76. The van der Waals surface area contributed by atoms with Crippen LogP contribution in [0.25, 0.3) is 0 Å². The summed E-state index contributed by atoms with van der Waals surface area (Å²) in [6.45, 7) is 0. The van der Waals surface area contributed by atoms with E-state index in [0.29, 0.717) is 24.5 Å². The second-order valence-corrected chi connectivity index (χ2v) is 5.92. The number of benzene rings is 2. The predicted octanol–water partition coefficient (Wildman–Crippen LogP) is 4.42. The fourth-order valence-corrected chi connectivity index (χ4v) is 3.08. The summed E-state index contributed by atoms with van der Waals surface area (Å²) < 4.78 is 12.8. The minimum absolute atomic E-state index is 0.217. The van der Waals surface area contributed by atoms with E-state index in [2.05, 4.69) is 12.1 Å². The fraction of sp³-hybridized carbons (Fsp3) is 0.188. The topological polar surface area (TPSA) is 17.1 Å². The average molecular weight is 272 g/mol. The smallest absolute Gasteiger partial charge is 0.134 e. The molecule has 1 aliphatic carbocycles. The van der Waals surface area contributed by atoms with E-state index in [1.165, 1.54) is 17.7 Å². The van der Waals surface area contributed by atoms with Crippen LogP contribution in [0.4, 0.5) is 4.39 Å². The van der Waals surface area contributed by atoms with Gasteiger partial charge in [0.25, 0.3) is 0 Å². The number of rotatable bonds is 3. The van der Waals surface area contributed by atoms with Crippen LogP contribution in [0.1, 0.15) is 24.3 Å². The van der Waals surface area contributed by atoms with Crippen LogP contribution in [0.3, 0.4) is 0 Å². The van der Waals surface area contributed by atoms with Crippen LogP contribution in [0.15, 0.2) is 58.3 Å². The first-order chi connectivity index (χ1) is 9.20. The van der Waals surface area contributed by atoms with E-state index < -0.39 is 0 Å². The molecule has 3 rings (SSSR count). The lowest BCUT2D eigenvalue weighted by molar-refractivity contribution is -0.124. The molecule has 0 heterocycles. The summed E-state index contributed by atoms with van der Waals surface area (Å²) in [6.07, 6.45) is 1.34.